The van der Waals surface area contributed by atoms with E-state index in [1.54, 1.807) is 6.07 Å². The van der Waals surface area contributed by atoms with Gasteiger partial charge in [-0.15, -0.1) is 0 Å². The summed E-state index contributed by atoms with van der Waals surface area (Å²) in [6.07, 6.45) is 1.48. The second-order valence-electron chi connectivity index (χ2n) is 2.28. The molecule has 0 aliphatic heterocycles. The molecule has 1 unspecified atom stereocenters. The molecular formula is C6H8ClN3O2. The lowest BCUT2D eigenvalue weighted by atomic mass is 10.3. The maximum atomic E-state index is 10.3. The van der Waals surface area contributed by atoms with Crippen LogP contribution in [0.3, 0.4) is 0 Å². The van der Waals surface area contributed by atoms with Crippen LogP contribution in [0.15, 0.2) is 12.3 Å². The number of aromatic nitrogens is 2. The molecule has 1 atom stereocenters. The molecule has 0 saturated carbocycles. The maximum absolute atomic E-state index is 10.3. The van der Waals surface area contributed by atoms with Crippen molar-refractivity contribution in [3.63, 3.8) is 0 Å². The summed E-state index contributed by atoms with van der Waals surface area (Å²) in [7, 11) is 0. The van der Waals surface area contributed by atoms with Crippen LogP contribution >= 0.6 is 11.6 Å². The fourth-order valence-electron chi connectivity index (χ4n) is 0.715. The number of rotatable bonds is 3. The average molecular weight is 190 g/mol. The first kappa shape index (κ1) is 9.02. The summed E-state index contributed by atoms with van der Waals surface area (Å²) >= 11 is 5.64. The Morgan fingerprint density at radius 2 is 2.58 bits per heavy atom. The van der Waals surface area contributed by atoms with Gasteiger partial charge >= 0.3 is 5.97 Å². The third kappa shape index (κ3) is 1.96. The molecule has 0 aliphatic carbocycles. The van der Waals surface area contributed by atoms with E-state index >= 15 is 0 Å². The molecular weight excluding hydrogens is 182 g/mol. The van der Waals surface area contributed by atoms with E-state index in [0.29, 0.717) is 5.15 Å². The van der Waals surface area contributed by atoms with Crippen LogP contribution in [-0.2, 0) is 11.3 Å². The van der Waals surface area contributed by atoms with Crippen LogP contribution in [0.4, 0.5) is 0 Å². The van der Waals surface area contributed by atoms with Gasteiger partial charge in [-0.2, -0.15) is 5.10 Å². The van der Waals surface area contributed by atoms with E-state index in [2.05, 4.69) is 5.10 Å². The Morgan fingerprint density at radius 3 is 3.00 bits per heavy atom. The van der Waals surface area contributed by atoms with E-state index in [9.17, 15) is 4.79 Å². The van der Waals surface area contributed by atoms with Crippen molar-refractivity contribution in [2.75, 3.05) is 0 Å². The lowest BCUT2D eigenvalue weighted by molar-refractivity contribution is -0.138. The van der Waals surface area contributed by atoms with E-state index in [4.69, 9.17) is 22.4 Å². The molecule has 6 heteroatoms. The summed E-state index contributed by atoms with van der Waals surface area (Å²) in [5, 5.41) is 12.6. The van der Waals surface area contributed by atoms with Crippen molar-refractivity contribution in [2.24, 2.45) is 5.73 Å². The number of carboxylic acids is 1. The normalized spacial score (nSPS) is 12.8. The van der Waals surface area contributed by atoms with E-state index < -0.39 is 12.0 Å². The fraction of sp³-hybridized carbons (Fsp3) is 0.333. The molecule has 0 aliphatic rings. The summed E-state index contributed by atoms with van der Waals surface area (Å²) in [4.78, 5) is 10.3. The fourth-order valence-corrected chi connectivity index (χ4v) is 0.884. The van der Waals surface area contributed by atoms with E-state index in [-0.39, 0.29) is 6.54 Å². The van der Waals surface area contributed by atoms with Gasteiger partial charge in [-0.05, 0) is 6.07 Å². The minimum absolute atomic E-state index is 0.0845. The number of carboxylic acid groups (broad SMARTS) is 1. The van der Waals surface area contributed by atoms with Gasteiger partial charge in [-0.25, -0.2) is 0 Å². The zero-order chi connectivity index (χ0) is 9.14. The molecule has 1 aromatic rings. The number of hydrogen-bond donors (Lipinski definition) is 2. The summed E-state index contributed by atoms with van der Waals surface area (Å²) in [5.41, 5.74) is 5.26. The predicted molar refractivity (Wildman–Crippen MR) is 42.8 cm³/mol. The minimum Gasteiger partial charge on any atom is -0.480 e. The maximum Gasteiger partial charge on any atom is 0.322 e. The van der Waals surface area contributed by atoms with Crippen LogP contribution in [-0.4, -0.2) is 26.9 Å². The first-order valence-electron chi connectivity index (χ1n) is 3.27. The molecule has 0 aromatic carbocycles. The molecule has 0 spiro atoms. The molecule has 1 rings (SSSR count). The number of aliphatic carboxylic acids is 1. The standard InChI is InChI=1S/C6H8ClN3O2/c7-5-1-2-9-10(5)3-4(8)6(11)12/h1-2,4H,3,8H2,(H,11,12). The average Bonchev–Trinajstić information content (AvgIpc) is 2.36. The van der Waals surface area contributed by atoms with E-state index in [1.165, 1.54) is 10.9 Å². The lowest BCUT2D eigenvalue weighted by Crippen LogP contribution is -2.34. The topological polar surface area (TPSA) is 81.1 Å². The third-order valence-corrected chi connectivity index (χ3v) is 1.67. The Morgan fingerprint density at radius 1 is 1.92 bits per heavy atom. The van der Waals surface area contributed by atoms with E-state index in [1.807, 2.05) is 0 Å². The first-order chi connectivity index (χ1) is 5.61. The molecule has 3 N–H and O–H groups in total. The zero-order valence-electron chi connectivity index (χ0n) is 6.14. The first-order valence-corrected chi connectivity index (χ1v) is 3.64. The highest BCUT2D eigenvalue weighted by molar-refractivity contribution is 6.29. The molecule has 0 bridgehead atoms. The van der Waals surface area contributed by atoms with Crippen molar-refractivity contribution in [2.45, 2.75) is 12.6 Å². The van der Waals surface area contributed by atoms with Crippen LogP contribution in [0.5, 0.6) is 0 Å². The summed E-state index contributed by atoms with van der Waals surface area (Å²) in [6, 6.07) is 0.596. The lowest BCUT2D eigenvalue weighted by Gasteiger charge is -2.06. The number of nitrogens with zero attached hydrogens (tertiary/aromatic N) is 2. The molecule has 66 valence electrons. The van der Waals surface area contributed by atoms with Crippen molar-refractivity contribution in [1.82, 2.24) is 9.78 Å². The Labute approximate surface area is 73.7 Å². The van der Waals surface area contributed by atoms with Gasteiger partial charge in [-0.3, -0.25) is 9.48 Å². The highest BCUT2D eigenvalue weighted by Gasteiger charge is 2.13. The molecule has 0 saturated heterocycles. The quantitative estimate of drug-likeness (QED) is 0.699. The Balaban J connectivity index is 2.64. The van der Waals surface area contributed by atoms with Gasteiger partial charge in [0.05, 0.1) is 12.7 Å². The Kier molecular flexibility index (Phi) is 2.67. The molecule has 1 aromatic heterocycles. The van der Waals surface area contributed by atoms with Gasteiger partial charge < -0.3 is 10.8 Å². The summed E-state index contributed by atoms with van der Waals surface area (Å²) < 4.78 is 1.33. The SMILES string of the molecule is NC(Cn1nccc1Cl)C(=O)O. The largest absolute Gasteiger partial charge is 0.480 e. The molecule has 5 nitrogen and oxygen atoms in total. The van der Waals surface area contributed by atoms with Crippen molar-refractivity contribution in [3.05, 3.63) is 17.4 Å². The minimum atomic E-state index is -1.07. The van der Waals surface area contributed by atoms with Crippen LogP contribution in [0, 0.1) is 0 Å². The summed E-state index contributed by atoms with van der Waals surface area (Å²) in [6.45, 7) is 0.0845. The Hall–Kier alpha value is -1.07. The van der Waals surface area contributed by atoms with E-state index in [0.717, 1.165) is 0 Å². The monoisotopic (exact) mass is 189 g/mol. The van der Waals surface area contributed by atoms with Crippen LogP contribution in [0.25, 0.3) is 0 Å². The van der Waals surface area contributed by atoms with Crippen LogP contribution in [0.2, 0.25) is 5.15 Å². The second-order valence-corrected chi connectivity index (χ2v) is 2.67. The molecule has 0 amide bonds. The van der Waals surface area contributed by atoms with Gasteiger partial charge in [-0.1, -0.05) is 11.6 Å². The molecule has 1 heterocycles. The predicted octanol–water partition coefficient (Wildman–Crippen LogP) is -0.0516. The third-order valence-electron chi connectivity index (χ3n) is 1.35. The van der Waals surface area contributed by atoms with Crippen molar-refractivity contribution >= 4 is 17.6 Å². The summed E-state index contributed by atoms with van der Waals surface area (Å²) in [5.74, 6) is -1.07. The van der Waals surface area contributed by atoms with Crippen molar-refractivity contribution in [3.8, 4) is 0 Å². The number of carbonyl (C=O) groups is 1. The van der Waals surface area contributed by atoms with Crippen molar-refractivity contribution in [1.29, 1.82) is 0 Å². The number of halogens is 1. The van der Waals surface area contributed by atoms with Crippen LogP contribution in [0.1, 0.15) is 0 Å². The van der Waals surface area contributed by atoms with Gasteiger partial charge in [0.1, 0.15) is 11.2 Å². The van der Waals surface area contributed by atoms with Gasteiger partial charge in [0.2, 0.25) is 0 Å². The highest BCUT2D eigenvalue weighted by atomic mass is 35.5. The van der Waals surface area contributed by atoms with Gasteiger partial charge in [0.15, 0.2) is 0 Å². The van der Waals surface area contributed by atoms with Crippen molar-refractivity contribution < 1.29 is 9.90 Å². The van der Waals surface area contributed by atoms with Crippen LogP contribution < -0.4 is 5.73 Å². The van der Waals surface area contributed by atoms with Gasteiger partial charge in [0.25, 0.3) is 0 Å². The zero-order valence-corrected chi connectivity index (χ0v) is 6.90. The Bertz CT molecular complexity index is 286. The molecule has 0 radical (unpaired) electrons. The molecule has 0 fully saturated rings. The number of nitrogens with two attached hydrogens (primary N) is 1. The smallest absolute Gasteiger partial charge is 0.322 e. The number of hydrogen-bond acceptors (Lipinski definition) is 3. The van der Waals surface area contributed by atoms with Gasteiger partial charge in [0, 0.05) is 0 Å². The highest BCUT2D eigenvalue weighted by Crippen LogP contribution is 2.06. The second kappa shape index (κ2) is 3.55. The molecule has 12 heavy (non-hydrogen) atoms.